The maximum atomic E-state index is 11.9. The highest BCUT2D eigenvalue weighted by molar-refractivity contribution is 8.00. The van der Waals surface area contributed by atoms with Gasteiger partial charge in [0.05, 0.1) is 31.1 Å². The summed E-state index contributed by atoms with van der Waals surface area (Å²) in [5.41, 5.74) is 4.18. The van der Waals surface area contributed by atoms with E-state index in [9.17, 15) is 14.9 Å². The summed E-state index contributed by atoms with van der Waals surface area (Å²) in [6.07, 6.45) is 1.53. The number of nitro groups is 1. The minimum atomic E-state index is -0.466. The zero-order chi connectivity index (χ0) is 19.8. The number of amides is 1. The molecule has 9 heteroatoms. The number of benzene rings is 2. The number of methoxy groups -OCH3 is 2. The molecular formula is C18H19N3O5S. The number of nitrogens with zero attached hydrogens (tertiary/aromatic N) is 2. The van der Waals surface area contributed by atoms with Crippen LogP contribution in [-0.2, 0) is 4.79 Å². The van der Waals surface area contributed by atoms with Crippen molar-refractivity contribution >= 4 is 29.6 Å². The molecule has 8 nitrogen and oxygen atoms in total. The number of nitrogens with one attached hydrogen (secondary N) is 1. The van der Waals surface area contributed by atoms with E-state index in [0.29, 0.717) is 11.5 Å². The molecule has 0 aliphatic rings. The molecule has 1 N–H and O–H groups in total. The molecule has 0 aliphatic heterocycles. The molecule has 27 heavy (non-hydrogen) atoms. The minimum Gasteiger partial charge on any atom is -0.493 e. The number of hydrazone groups is 1. The molecule has 0 fully saturated rings. The Morgan fingerprint density at radius 3 is 2.44 bits per heavy atom. The van der Waals surface area contributed by atoms with Crippen molar-refractivity contribution in [2.45, 2.75) is 11.8 Å². The fraction of sp³-hybridized carbons (Fsp3) is 0.222. The second-order valence-corrected chi connectivity index (χ2v) is 6.45. The normalized spacial score (nSPS) is 10.6. The number of aryl methyl sites for hydroxylation is 1. The van der Waals surface area contributed by atoms with Crippen LogP contribution in [0.25, 0.3) is 0 Å². The second-order valence-electron chi connectivity index (χ2n) is 5.40. The summed E-state index contributed by atoms with van der Waals surface area (Å²) in [7, 11) is 3.11. The average molecular weight is 389 g/mol. The predicted octanol–water partition coefficient (Wildman–Crippen LogP) is 3.16. The highest BCUT2D eigenvalue weighted by Crippen LogP contribution is 2.29. The fourth-order valence-corrected chi connectivity index (χ4v) is 2.85. The molecule has 0 radical (unpaired) electrons. The van der Waals surface area contributed by atoms with Crippen molar-refractivity contribution in [1.29, 1.82) is 0 Å². The van der Waals surface area contributed by atoms with Gasteiger partial charge in [0.25, 0.3) is 5.69 Å². The average Bonchev–Trinajstić information content (AvgIpc) is 2.67. The monoisotopic (exact) mass is 389 g/mol. The molecule has 0 atom stereocenters. The van der Waals surface area contributed by atoms with E-state index in [0.717, 1.165) is 16.0 Å². The zero-order valence-corrected chi connectivity index (χ0v) is 15.9. The Morgan fingerprint density at radius 1 is 1.22 bits per heavy atom. The number of nitro benzene ring substituents is 1. The Bertz CT molecular complexity index is 853. The third-order valence-corrected chi connectivity index (χ3v) is 4.59. The molecule has 0 saturated carbocycles. The molecule has 0 unspecified atom stereocenters. The number of rotatable bonds is 8. The van der Waals surface area contributed by atoms with Crippen molar-refractivity contribution in [2.75, 3.05) is 20.0 Å². The maximum absolute atomic E-state index is 11.9. The van der Waals surface area contributed by atoms with E-state index in [1.807, 2.05) is 13.0 Å². The number of hydrogen-bond acceptors (Lipinski definition) is 7. The highest BCUT2D eigenvalue weighted by Gasteiger charge is 2.08. The van der Waals surface area contributed by atoms with Gasteiger partial charge in [-0.1, -0.05) is 0 Å². The van der Waals surface area contributed by atoms with Crippen LogP contribution in [-0.4, -0.2) is 37.0 Å². The van der Waals surface area contributed by atoms with Gasteiger partial charge in [-0.05, 0) is 36.8 Å². The SMILES string of the molecule is COc1cc(C)c(/C=N\NC(=O)CSc2ccc([N+](=O)[O-])cc2)cc1OC. The van der Waals surface area contributed by atoms with Crippen molar-refractivity contribution in [1.82, 2.24) is 5.43 Å². The Hall–Kier alpha value is -3.07. The number of carbonyl (C=O) groups excluding carboxylic acids is 1. The Kier molecular flexibility index (Phi) is 7.18. The Labute approximate surface area is 160 Å². The van der Waals surface area contributed by atoms with Crippen LogP contribution in [0.5, 0.6) is 11.5 Å². The second kappa shape index (κ2) is 9.58. The molecule has 2 rings (SSSR count). The van der Waals surface area contributed by atoms with Gasteiger partial charge in [-0.25, -0.2) is 5.43 Å². The van der Waals surface area contributed by atoms with Gasteiger partial charge < -0.3 is 9.47 Å². The van der Waals surface area contributed by atoms with Crippen molar-refractivity contribution in [3.05, 3.63) is 57.6 Å². The molecule has 0 bridgehead atoms. The molecule has 0 spiro atoms. The number of carbonyl (C=O) groups is 1. The van der Waals surface area contributed by atoms with Crippen LogP contribution in [0, 0.1) is 17.0 Å². The van der Waals surface area contributed by atoms with Gasteiger partial charge in [-0.3, -0.25) is 14.9 Å². The third-order valence-electron chi connectivity index (χ3n) is 3.58. The van der Waals surface area contributed by atoms with E-state index >= 15 is 0 Å². The van der Waals surface area contributed by atoms with Crippen molar-refractivity contribution in [3.8, 4) is 11.5 Å². The maximum Gasteiger partial charge on any atom is 0.269 e. The summed E-state index contributed by atoms with van der Waals surface area (Å²) in [5.74, 6) is 1.05. The summed E-state index contributed by atoms with van der Waals surface area (Å²) in [4.78, 5) is 22.8. The van der Waals surface area contributed by atoms with Crippen LogP contribution < -0.4 is 14.9 Å². The minimum absolute atomic E-state index is 0.0127. The molecule has 0 aliphatic carbocycles. The molecular weight excluding hydrogens is 370 g/mol. The number of non-ortho nitro benzene ring substituents is 1. The molecule has 0 saturated heterocycles. The fourth-order valence-electron chi connectivity index (χ4n) is 2.15. The van der Waals surface area contributed by atoms with Gasteiger partial charge in [-0.2, -0.15) is 5.10 Å². The largest absolute Gasteiger partial charge is 0.493 e. The first kappa shape index (κ1) is 20.2. The first-order chi connectivity index (χ1) is 12.9. The standard InChI is InChI=1S/C18H19N3O5S/c1-12-8-16(25-2)17(26-3)9-13(12)10-19-20-18(22)11-27-15-6-4-14(5-7-15)21(23)24/h4-10H,11H2,1-3H3,(H,20,22)/b19-10-. The van der Waals surface area contributed by atoms with Gasteiger partial charge in [0.2, 0.25) is 5.91 Å². The third kappa shape index (κ3) is 5.71. The summed E-state index contributed by atoms with van der Waals surface area (Å²) in [6.45, 7) is 1.90. The molecule has 1 amide bonds. The highest BCUT2D eigenvalue weighted by atomic mass is 32.2. The van der Waals surface area contributed by atoms with Crippen LogP contribution in [0.1, 0.15) is 11.1 Å². The summed E-state index contributed by atoms with van der Waals surface area (Å²) >= 11 is 1.26. The van der Waals surface area contributed by atoms with Crippen LogP contribution in [0.3, 0.4) is 0 Å². The van der Waals surface area contributed by atoms with Gasteiger partial charge in [0.15, 0.2) is 11.5 Å². The smallest absolute Gasteiger partial charge is 0.269 e. The molecule has 2 aromatic rings. The Balaban J connectivity index is 1.90. The quantitative estimate of drug-likeness (QED) is 0.322. The van der Waals surface area contributed by atoms with Crippen molar-refractivity contribution in [2.24, 2.45) is 5.10 Å². The van der Waals surface area contributed by atoms with Crippen LogP contribution >= 0.6 is 11.8 Å². The topological polar surface area (TPSA) is 103 Å². The van der Waals surface area contributed by atoms with Crippen molar-refractivity contribution < 1.29 is 19.2 Å². The lowest BCUT2D eigenvalue weighted by molar-refractivity contribution is -0.384. The Morgan fingerprint density at radius 2 is 1.85 bits per heavy atom. The van der Waals surface area contributed by atoms with E-state index in [-0.39, 0.29) is 17.3 Å². The molecule has 0 heterocycles. The van der Waals surface area contributed by atoms with Gasteiger partial charge in [-0.15, -0.1) is 11.8 Å². The first-order valence-electron chi connectivity index (χ1n) is 7.86. The van der Waals surface area contributed by atoms with Gasteiger partial charge in [0, 0.05) is 22.6 Å². The predicted molar refractivity (Wildman–Crippen MR) is 104 cm³/mol. The van der Waals surface area contributed by atoms with Gasteiger partial charge >= 0.3 is 0 Å². The van der Waals surface area contributed by atoms with E-state index < -0.39 is 4.92 Å². The number of thioether (sulfide) groups is 1. The molecule has 142 valence electrons. The number of ether oxygens (including phenoxy) is 2. The zero-order valence-electron chi connectivity index (χ0n) is 15.1. The summed E-state index contributed by atoms with van der Waals surface area (Å²) in [5, 5.41) is 14.6. The lowest BCUT2D eigenvalue weighted by Gasteiger charge is -2.10. The van der Waals surface area contributed by atoms with Crippen molar-refractivity contribution in [3.63, 3.8) is 0 Å². The summed E-state index contributed by atoms with van der Waals surface area (Å²) in [6, 6.07) is 9.61. The van der Waals surface area contributed by atoms with E-state index in [1.165, 1.54) is 30.1 Å². The van der Waals surface area contributed by atoms with E-state index in [2.05, 4.69) is 10.5 Å². The van der Waals surface area contributed by atoms with E-state index in [1.54, 1.807) is 32.4 Å². The van der Waals surface area contributed by atoms with E-state index in [4.69, 9.17) is 9.47 Å². The first-order valence-corrected chi connectivity index (χ1v) is 8.85. The summed E-state index contributed by atoms with van der Waals surface area (Å²) < 4.78 is 10.5. The lowest BCUT2D eigenvalue weighted by Crippen LogP contribution is -2.19. The lowest BCUT2D eigenvalue weighted by atomic mass is 10.1. The molecule has 0 aromatic heterocycles. The van der Waals surface area contributed by atoms with Gasteiger partial charge in [0.1, 0.15) is 0 Å². The number of hydrogen-bond donors (Lipinski definition) is 1. The van der Waals surface area contributed by atoms with Crippen LogP contribution in [0.15, 0.2) is 46.4 Å². The molecule has 2 aromatic carbocycles. The van der Waals surface area contributed by atoms with Crippen LogP contribution in [0.4, 0.5) is 5.69 Å². The van der Waals surface area contributed by atoms with Crippen LogP contribution in [0.2, 0.25) is 0 Å².